The number of anilines is 1. The highest BCUT2D eigenvalue weighted by Crippen LogP contribution is 2.22. The van der Waals surface area contributed by atoms with E-state index in [-0.39, 0.29) is 30.3 Å². The van der Waals surface area contributed by atoms with E-state index in [2.05, 4.69) is 5.32 Å². The van der Waals surface area contributed by atoms with E-state index >= 15 is 0 Å². The van der Waals surface area contributed by atoms with E-state index in [1.54, 1.807) is 18.2 Å². The summed E-state index contributed by atoms with van der Waals surface area (Å²) in [5.41, 5.74) is 3.28. The first-order chi connectivity index (χ1) is 19.5. The molecule has 0 fully saturated rings. The van der Waals surface area contributed by atoms with Crippen LogP contribution in [-0.4, -0.2) is 56.3 Å². The van der Waals surface area contributed by atoms with Crippen molar-refractivity contribution in [2.45, 2.75) is 52.6 Å². The zero-order chi connectivity index (χ0) is 30.0. The second-order valence-corrected chi connectivity index (χ2v) is 12.1. The molecule has 0 saturated carbocycles. The number of unbranched alkanes of at least 4 members (excludes halogenated alkanes) is 1. The Hall–Kier alpha value is -3.98. The molecule has 3 rings (SSSR count). The van der Waals surface area contributed by atoms with Gasteiger partial charge in [-0.05, 0) is 43.5 Å². The number of carbonyl (C=O) groups excluding carboxylic acids is 3. The molecule has 0 bridgehead atoms. The molecule has 41 heavy (non-hydrogen) atoms. The topological polar surface area (TPSA) is 104 Å². The summed E-state index contributed by atoms with van der Waals surface area (Å²) in [7, 11) is -3.92. The molecule has 218 valence electrons. The van der Waals surface area contributed by atoms with Crippen LogP contribution < -0.4 is 9.62 Å². The van der Waals surface area contributed by atoms with Gasteiger partial charge < -0.3 is 10.2 Å². The van der Waals surface area contributed by atoms with Crippen LogP contribution >= 0.6 is 0 Å². The van der Waals surface area contributed by atoms with Gasteiger partial charge >= 0.3 is 0 Å². The smallest absolute Gasteiger partial charge is 0.244 e. The lowest BCUT2D eigenvalue weighted by Crippen LogP contribution is -2.53. The fraction of sp³-hybridized carbons (Fsp3) is 0.344. The van der Waals surface area contributed by atoms with E-state index in [4.69, 9.17) is 0 Å². The van der Waals surface area contributed by atoms with Gasteiger partial charge in [-0.15, -0.1) is 0 Å². The van der Waals surface area contributed by atoms with Crippen LogP contribution in [0, 0.1) is 6.92 Å². The number of amides is 2. The third-order valence-electron chi connectivity index (χ3n) is 6.79. The predicted molar refractivity (Wildman–Crippen MR) is 162 cm³/mol. The number of carbonyl (C=O) groups is 3. The van der Waals surface area contributed by atoms with Crippen molar-refractivity contribution >= 4 is 33.3 Å². The van der Waals surface area contributed by atoms with Crippen LogP contribution in [-0.2, 0) is 32.6 Å². The molecular weight excluding hydrogens is 538 g/mol. The average molecular weight is 578 g/mol. The standard InChI is InChI=1S/C32H39N3O5S/c1-5-6-19-33-32(38)30(20-26-11-8-7-9-12-26)34(22-27-17-15-24(2)16-18-27)31(37)23-35(41(4,39)40)29-14-10-13-28(21-29)25(3)36/h7-18,21,30H,5-6,19-20,22-23H2,1-4H3,(H,33,38). The van der Waals surface area contributed by atoms with E-state index in [0.717, 1.165) is 40.1 Å². The third-order valence-corrected chi connectivity index (χ3v) is 7.93. The molecule has 0 aromatic heterocycles. The molecule has 0 spiro atoms. The number of sulfonamides is 1. The quantitative estimate of drug-likeness (QED) is 0.224. The van der Waals surface area contributed by atoms with Crippen LogP contribution in [0.5, 0.6) is 0 Å². The molecule has 0 aliphatic heterocycles. The molecule has 1 N–H and O–H groups in total. The van der Waals surface area contributed by atoms with E-state index in [9.17, 15) is 22.8 Å². The largest absolute Gasteiger partial charge is 0.354 e. The predicted octanol–water partition coefficient (Wildman–Crippen LogP) is 4.52. The van der Waals surface area contributed by atoms with Gasteiger partial charge in [0.1, 0.15) is 12.6 Å². The summed E-state index contributed by atoms with van der Waals surface area (Å²) in [5.74, 6) is -1.05. The fourth-order valence-corrected chi connectivity index (χ4v) is 5.29. The van der Waals surface area contributed by atoms with Crippen LogP contribution in [0.1, 0.15) is 53.7 Å². The summed E-state index contributed by atoms with van der Waals surface area (Å²) in [4.78, 5) is 41.2. The number of nitrogens with zero attached hydrogens (tertiary/aromatic N) is 2. The Labute approximate surface area is 243 Å². The van der Waals surface area contributed by atoms with Crippen molar-refractivity contribution in [3.8, 4) is 0 Å². The van der Waals surface area contributed by atoms with Crippen molar-refractivity contribution in [2.24, 2.45) is 0 Å². The number of nitrogens with one attached hydrogen (secondary N) is 1. The molecule has 3 aromatic carbocycles. The molecule has 0 aliphatic carbocycles. The zero-order valence-electron chi connectivity index (χ0n) is 24.2. The highest BCUT2D eigenvalue weighted by Gasteiger charge is 2.33. The maximum absolute atomic E-state index is 14.1. The molecule has 1 unspecified atom stereocenters. The number of ketones is 1. The van der Waals surface area contributed by atoms with Crippen molar-refractivity contribution in [3.05, 3.63) is 101 Å². The number of hydrogen-bond acceptors (Lipinski definition) is 5. The van der Waals surface area contributed by atoms with E-state index in [0.29, 0.717) is 12.1 Å². The lowest BCUT2D eigenvalue weighted by Gasteiger charge is -2.33. The Bertz CT molecular complexity index is 1440. The van der Waals surface area contributed by atoms with Crippen LogP contribution in [0.25, 0.3) is 0 Å². The molecule has 0 saturated heterocycles. The Morgan fingerprint density at radius 2 is 1.59 bits per heavy atom. The summed E-state index contributed by atoms with van der Waals surface area (Å²) in [5, 5.41) is 2.97. The monoisotopic (exact) mass is 577 g/mol. The molecule has 0 aliphatic rings. The highest BCUT2D eigenvalue weighted by molar-refractivity contribution is 7.92. The molecule has 9 heteroatoms. The first-order valence-electron chi connectivity index (χ1n) is 13.7. The second-order valence-electron chi connectivity index (χ2n) is 10.2. The van der Waals surface area contributed by atoms with Crippen molar-refractivity contribution < 1.29 is 22.8 Å². The molecule has 3 aromatic rings. The van der Waals surface area contributed by atoms with Gasteiger partial charge in [0.05, 0.1) is 11.9 Å². The maximum Gasteiger partial charge on any atom is 0.244 e. The van der Waals surface area contributed by atoms with Gasteiger partial charge in [-0.2, -0.15) is 0 Å². The van der Waals surface area contributed by atoms with Crippen molar-refractivity contribution in [1.29, 1.82) is 0 Å². The number of benzene rings is 3. The first kappa shape index (κ1) is 31.5. The summed E-state index contributed by atoms with van der Waals surface area (Å²) in [6.07, 6.45) is 2.97. The van der Waals surface area contributed by atoms with Gasteiger partial charge in [0, 0.05) is 25.1 Å². The molecule has 1 atom stereocenters. The van der Waals surface area contributed by atoms with E-state index in [1.807, 2.05) is 68.4 Å². The van der Waals surface area contributed by atoms with Crippen LogP contribution in [0.15, 0.2) is 78.9 Å². The zero-order valence-corrected chi connectivity index (χ0v) is 25.0. The van der Waals surface area contributed by atoms with Gasteiger partial charge in [-0.3, -0.25) is 18.7 Å². The Kier molecular flexibility index (Phi) is 11.2. The van der Waals surface area contributed by atoms with Crippen molar-refractivity contribution in [3.63, 3.8) is 0 Å². The minimum Gasteiger partial charge on any atom is -0.354 e. The third kappa shape index (κ3) is 9.28. The maximum atomic E-state index is 14.1. The number of hydrogen-bond donors (Lipinski definition) is 1. The summed E-state index contributed by atoms with van der Waals surface area (Å²) in [6, 6.07) is 22.4. The van der Waals surface area contributed by atoms with Gasteiger partial charge in [-0.25, -0.2) is 8.42 Å². The summed E-state index contributed by atoms with van der Waals surface area (Å²) in [6.45, 7) is 5.44. The Balaban J connectivity index is 2.04. The molecule has 0 heterocycles. The number of Topliss-reactive ketones (excluding diaryl/α,β-unsaturated/α-hetero) is 1. The van der Waals surface area contributed by atoms with Gasteiger partial charge in [-0.1, -0.05) is 85.6 Å². The lowest BCUT2D eigenvalue weighted by atomic mass is 10.0. The first-order valence-corrected chi connectivity index (χ1v) is 15.6. The van der Waals surface area contributed by atoms with Crippen LogP contribution in [0.4, 0.5) is 5.69 Å². The Morgan fingerprint density at radius 3 is 2.20 bits per heavy atom. The highest BCUT2D eigenvalue weighted by atomic mass is 32.2. The second kappa shape index (κ2) is 14.6. The normalized spacial score (nSPS) is 11.9. The number of rotatable bonds is 14. The molecule has 8 nitrogen and oxygen atoms in total. The van der Waals surface area contributed by atoms with Crippen molar-refractivity contribution in [2.75, 3.05) is 23.7 Å². The average Bonchev–Trinajstić information content (AvgIpc) is 2.94. The Morgan fingerprint density at radius 1 is 0.902 bits per heavy atom. The summed E-state index contributed by atoms with van der Waals surface area (Å²) < 4.78 is 26.8. The van der Waals surface area contributed by atoms with Gasteiger partial charge in [0.15, 0.2) is 5.78 Å². The van der Waals surface area contributed by atoms with E-state index in [1.165, 1.54) is 17.9 Å². The van der Waals surface area contributed by atoms with Crippen LogP contribution in [0.3, 0.4) is 0 Å². The van der Waals surface area contributed by atoms with E-state index < -0.39 is 28.5 Å². The molecular formula is C32H39N3O5S. The van der Waals surface area contributed by atoms with Crippen LogP contribution in [0.2, 0.25) is 0 Å². The minimum atomic E-state index is -3.92. The lowest BCUT2D eigenvalue weighted by molar-refractivity contribution is -0.140. The molecule has 0 radical (unpaired) electrons. The SMILES string of the molecule is CCCCNC(=O)C(Cc1ccccc1)N(Cc1ccc(C)cc1)C(=O)CN(c1cccc(C(C)=O)c1)S(C)(=O)=O. The van der Waals surface area contributed by atoms with Gasteiger partial charge in [0.25, 0.3) is 0 Å². The van der Waals surface area contributed by atoms with Gasteiger partial charge in [0.2, 0.25) is 21.8 Å². The number of aryl methyl sites for hydroxylation is 1. The minimum absolute atomic E-state index is 0.114. The molecule has 2 amide bonds. The fourth-order valence-electron chi connectivity index (χ4n) is 4.44. The summed E-state index contributed by atoms with van der Waals surface area (Å²) >= 11 is 0. The van der Waals surface area contributed by atoms with Crippen molar-refractivity contribution in [1.82, 2.24) is 10.2 Å².